The van der Waals surface area contributed by atoms with E-state index in [0.29, 0.717) is 11.4 Å². The molecule has 0 spiro atoms. The number of aromatic nitrogens is 1. The highest BCUT2D eigenvalue weighted by Gasteiger charge is 2.22. The molecule has 3 nitrogen and oxygen atoms in total. The summed E-state index contributed by atoms with van der Waals surface area (Å²) in [6.07, 6.45) is 3.14. The van der Waals surface area contributed by atoms with Gasteiger partial charge in [-0.2, -0.15) is 0 Å². The Hall–Kier alpha value is -1.68. The Kier molecular flexibility index (Phi) is 4.10. The van der Waals surface area contributed by atoms with Gasteiger partial charge in [0.05, 0.1) is 0 Å². The van der Waals surface area contributed by atoms with Crippen molar-refractivity contribution in [2.24, 2.45) is 0 Å². The van der Waals surface area contributed by atoms with Crippen molar-refractivity contribution in [3.8, 4) is 0 Å². The molecule has 0 fully saturated rings. The van der Waals surface area contributed by atoms with Gasteiger partial charge in [-0.3, -0.25) is 4.79 Å². The van der Waals surface area contributed by atoms with Gasteiger partial charge in [-0.1, -0.05) is 31.2 Å². The van der Waals surface area contributed by atoms with E-state index in [1.54, 1.807) is 6.20 Å². The van der Waals surface area contributed by atoms with Crippen LogP contribution in [0.2, 0.25) is 0 Å². The van der Waals surface area contributed by atoms with Crippen LogP contribution < -0.4 is 0 Å². The van der Waals surface area contributed by atoms with E-state index in [1.165, 1.54) is 16.9 Å². The van der Waals surface area contributed by atoms with Gasteiger partial charge in [-0.05, 0) is 24.0 Å². The molecule has 2 rings (SSSR count). The minimum atomic E-state index is -0.815. The first-order chi connectivity index (χ1) is 8.70. The summed E-state index contributed by atoms with van der Waals surface area (Å²) in [5.41, 5.74) is 2.30. The first kappa shape index (κ1) is 12.8. The molecule has 0 saturated carbocycles. The molecule has 0 radical (unpaired) electrons. The molecule has 1 unspecified atom stereocenters. The summed E-state index contributed by atoms with van der Waals surface area (Å²) >= 11 is 1.39. The van der Waals surface area contributed by atoms with Gasteiger partial charge in [0.1, 0.15) is 10.9 Å². The molecule has 94 valence electrons. The Bertz CT molecular complexity index is 505. The number of carboxylic acid groups (broad SMARTS) is 1. The van der Waals surface area contributed by atoms with E-state index < -0.39 is 11.9 Å². The highest BCUT2D eigenvalue weighted by molar-refractivity contribution is 7.09. The van der Waals surface area contributed by atoms with Gasteiger partial charge in [-0.25, -0.2) is 4.98 Å². The maximum atomic E-state index is 11.3. The Balaban J connectivity index is 2.16. The summed E-state index contributed by atoms with van der Waals surface area (Å²) in [6.45, 7) is 2.10. The smallest absolute Gasteiger partial charge is 0.313 e. The molecule has 1 heterocycles. The molecule has 0 aliphatic carbocycles. The summed E-state index contributed by atoms with van der Waals surface area (Å²) < 4.78 is 0. The van der Waals surface area contributed by atoms with Crippen molar-refractivity contribution >= 4 is 17.3 Å². The summed E-state index contributed by atoms with van der Waals surface area (Å²) in [5.74, 6) is -1.36. The van der Waals surface area contributed by atoms with E-state index in [9.17, 15) is 9.90 Å². The van der Waals surface area contributed by atoms with E-state index in [-0.39, 0.29) is 0 Å². The number of benzene rings is 1. The molecule has 1 aromatic heterocycles. The average Bonchev–Trinajstić information content (AvgIpc) is 2.90. The predicted molar refractivity (Wildman–Crippen MR) is 72.0 cm³/mol. The number of nitrogens with zero attached hydrogens (tertiary/aromatic N) is 1. The monoisotopic (exact) mass is 261 g/mol. The van der Waals surface area contributed by atoms with E-state index in [4.69, 9.17) is 0 Å². The molecule has 0 aliphatic heterocycles. The summed E-state index contributed by atoms with van der Waals surface area (Å²) in [5, 5.41) is 11.8. The zero-order valence-electron chi connectivity index (χ0n) is 10.2. The highest BCUT2D eigenvalue weighted by Crippen LogP contribution is 2.23. The number of hydrogen-bond acceptors (Lipinski definition) is 3. The molecule has 1 atom stereocenters. The number of thiazole rings is 1. The van der Waals surface area contributed by atoms with Crippen molar-refractivity contribution in [3.05, 3.63) is 52.0 Å². The minimum Gasteiger partial charge on any atom is -0.481 e. The molecule has 0 bridgehead atoms. The zero-order chi connectivity index (χ0) is 13.0. The Morgan fingerprint density at radius 3 is 2.50 bits per heavy atom. The lowest BCUT2D eigenvalue weighted by atomic mass is 9.99. The van der Waals surface area contributed by atoms with Crippen LogP contribution in [0.3, 0.4) is 0 Å². The van der Waals surface area contributed by atoms with E-state index in [1.807, 2.05) is 17.5 Å². The third-order valence-corrected chi connectivity index (χ3v) is 3.81. The second-order valence-corrected chi connectivity index (χ2v) is 5.06. The third kappa shape index (κ3) is 2.96. The zero-order valence-corrected chi connectivity index (χ0v) is 11.0. The quantitative estimate of drug-likeness (QED) is 0.899. The van der Waals surface area contributed by atoms with Crippen molar-refractivity contribution in [3.63, 3.8) is 0 Å². The van der Waals surface area contributed by atoms with Crippen LogP contribution in [-0.4, -0.2) is 16.1 Å². The van der Waals surface area contributed by atoms with Crippen LogP contribution in [0.15, 0.2) is 35.8 Å². The number of aliphatic carboxylic acids is 1. The van der Waals surface area contributed by atoms with Crippen molar-refractivity contribution < 1.29 is 9.90 Å². The Morgan fingerprint density at radius 1 is 1.33 bits per heavy atom. The lowest BCUT2D eigenvalue weighted by Gasteiger charge is -2.09. The molecule has 2 aromatic rings. The van der Waals surface area contributed by atoms with Crippen LogP contribution in [0, 0.1) is 0 Å². The van der Waals surface area contributed by atoms with Gasteiger partial charge in [0, 0.05) is 11.6 Å². The van der Waals surface area contributed by atoms with Gasteiger partial charge in [-0.15, -0.1) is 11.3 Å². The van der Waals surface area contributed by atoms with E-state index in [2.05, 4.69) is 24.0 Å². The van der Waals surface area contributed by atoms with Crippen molar-refractivity contribution in [2.45, 2.75) is 25.7 Å². The van der Waals surface area contributed by atoms with Crippen molar-refractivity contribution in [1.82, 2.24) is 4.98 Å². The van der Waals surface area contributed by atoms with Crippen molar-refractivity contribution in [2.75, 3.05) is 0 Å². The summed E-state index contributed by atoms with van der Waals surface area (Å²) in [7, 11) is 0. The fraction of sp³-hybridized carbons (Fsp3) is 0.286. The standard InChI is InChI=1S/C14H15NO2S/c1-2-10-3-5-11(6-4-10)9-12(14(16)17)13-15-7-8-18-13/h3-8,12H,2,9H2,1H3,(H,16,17). The highest BCUT2D eigenvalue weighted by atomic mass is 32.1. The molecule has 0 aliphatic rings. The normalized spacial score (nSPS) is 12.3. The van der Waals surface area contributed by atoms with Gasteiger partial charge in [0.2, 0.25) is 0 Å². The first-order valence-electron chi connectivity index (χ1n) is 5.90. The summed E-state index contributed by atoms with van der Waals surface area (Å²) in [4.78, 5) is 15.4. The molecule has 1 N–H and O–H groups in total. The maximum absolute atomic E-state index is 11.3. The molecule has 1 aromatic carbocycles. The molecule has 0 amide bonds. The largest absolute Gasteiger partial charge is 0.481 e. The van der Waals surface area contributed by atoms with Crippen LogP contribution in [0.25, 0.3) is 0 Å². The van der Waals surface area contributed by atoms with Crippen LogP contribution >= 0.6 is 11.3 Å². The SMILES string of the molecule is CCc1ccc(CC(C(=O)O)c2nccs2)cc1. The number of carboxylic acids is 1. The molecule has 0 saturated heterocycles. The van der Waals surface area contributed by atoms with Gasteiger partial charge in [0.15, 0.2) is 0 Å². The number of rotatable bonds is 5. The van der Waals surface area contributed by atoms with E-state index in [0.717, 1.165) is 12.0 Å². The van der Waals surface area contributed by atoms with Crippen LogP contribution in [0.4, 0.5) is 0 Å². The van der Waals surface area contributed by atoms with Gasteiger partial charge >= 0.3 is 5.97 Å². The van der Waals surface area contributed by atoms with Gasteiger partial charge in [0.25, 0.3) is 0 Å². The third-order valence-electron chi connectivity index (χ3n) is 2.92. The Labute approximate surface area is 110 Å². The maximum Gasteiger partial charge on any atom is 0.313 e. The lowest BCUT2D eigenvalue weighted by molar-refractivity contribution is -0.138. The predicted octanol–water partition coefficient (Wildman–Crippen LogP) is 3.12. The fourth-order valence-electron chi connectivity index (χ4n) is 1.83. The molecule has 18 heavy (non-hydrogen) atoms. The number of aryl methyl sites for hydroxylation is 1. The van der Waals surface area contributed by atoms with Crippen LogP contribution in [0.1, 0.15) is 29.0 Å². The topological polar surface area (TPSA) is 50.2 Å². The van der Waals surface area contributed by atoms with E-state index >= 15 is 0 Å². The van der Waals surface area contributed by atoms with Crippen molar-refractivity contribution in [1.29, 1.82) is 0 Å². The first-order valence-corrected chi connectivity index (χ1v) is 6.78. The fourth-order valence-corrected chi connectivity index (χ4v) is 2.56. The van der Waals surface area contributed by atoms with Gasteiger partial charge < -0.3 is 5.11 Å². The van der Waals surface area contributed by atoms with Crippen LogP contribution in [-0.2, 0) is 17.6 Å². The number of hydrogen-bond donors (Lipinski definition) is 1. The average molecular weight is 261 g/mol. The second kappa shape index (κ2) is 5.78. The van der Waals surface area contributed by atoms with Crippen LogP contribution in [0.5, 0.6) is 0 Å². The number of carbonyl (C=O) groups is 1. The molecule has 4 heteroatoms. The Morgan fingerprint density at radius 2 is 2.00 bits per heavy atom. The second-order valence-electron chi connectivity index (χ2n) is 4.14. The summed E-state index contributed by atoms with van der Waals surface area (Å²) in [6, 6.07) is 8.11. The molecular weight excluding hydrogens is 246 g/mol. The molecular formula is C14H15NO2S. The minimum absolute atomic E-state index is 0.493. The lowest BCUT2D eigenvalue weighted by Crippen LogP contribution is -2.14.